The highest BCUT2D eigenvalue weighted by atomic mass is 16.2. The number of aromatic nitrogens is 1. The second-order valence-electron chi connectivity index (χ2n) is 14.4. The molecule has 5 aromatic rings. The van der Waals surface area contributed by atoms with Gasteiger partial charge in [0.2, 0.25) is 5.78 Å². The summed E-state index contributed by atoms with van der Waals surface area (Å²) in [4.78, 5) is 34.6. The highest BCUT2D eigenvalue weighted by molar-refractivity contribution is 6.28. The Morgan fingerprint density at radius 1 is 0.780 bits per heavy atom. The molecule has 2 heterocycles. The minimum Gasteiger partial charge on any atom is -0.383 e. The topological polar surface area (TPSA) is 79.5 Å². The number of Topliss-reactive ketones (excluding diaryl/α,β-unsaturated/α-hetero) is 1. The molecule has 1 aliphatic heterocycles. The summed E-state index contributed by atoms with van der Waals surface area (Å²) in [6.07, 6.45) is 8.18. The molecular formula is C44H46N4O2. The van der Waals surface area contributed by atoms with Crippen LogP contribution in [-0.2, 0) is 21.5 Å². The van der Waals surface area contributed by atoms with Crippen LogP contribution in [0.2, 0.25) is 0 Å². The summed E-state index contributed by atoms with van der Waals surface area (Å²) >= 11 is 0. The van der Waals surface area contributed by atoms with Gasteiger partial charge in [0, 0.05) is 29.5 Å². The van der Waals surface area contributed by atoms with Gasteiger partial charge in [-0.15, -0.1) is 0 Å². The van der Waals surface area contributed by atoms with Gasteiger partial charge in [-0.1, -0.05) is 122 Å². The second-order valence-corrected chi connectivity index (χ2v) is 14.4. The predicted octanol–water partition coefficient (Wildman–Crippen LogP) is 8.29. The van der Waals surface area contributed by atoms with E-state index in [1.54, 1.807) is 6.20 Å². The molecule has 1 atom stereocenters. The maximum Gasteiger partial charge on any atom is 0.219 e. The number of carbonyl (C=O) groups excluding carboxylic acids is 2. The molecule has 0 spiro atoms. The number of hydrogen-bond acceptors (Lipinski definition) is 6. The zero-order valence-electron chi connectivity index (χ0n) is 29.0. The molecule has 6 nitrogen and oxygen atoms in total. The average Bonchev–Trinajstić information content (AvgIpc) is 3.42. The lowest BCUT2D eigenvalue weighted by Crippen LogP contribution is -2.51. The normalized spacial score (nSPS) is 18.2. The van der Waals surface area contributed by atoms with Crippen molar-refractivity contribution in [1.82, 2.24) is 9.88 Å². The van der Waals surface area contributed by atoms with Gasteiger partial charge in [0.15, 0.2) is 6.29 Å². The minimum atomic E-state index is -0.648. The van der Waals surface area contributed by atoms with E-state index in [0.717, 1.165) is 51.9 Å². The standard InChI is InChI=1S/C44H46N4O2/c1-43(2)41(39(50)30-49)48(31-47(43)29-33-27-28-46-42(45)40(33)32-15-7-3-8-16-32)38-25-23-37(24-26-38)44(34-17-9-4-10-18-34,35-19-11-5-12-20-35)36-21-13-6-14-22-36/h4-6,9-14,17-28,30,32,41H,3,7-8,15-16,29,31H2,1-2H3,(H2,45,46). The molecule has 2 aliphatic rings. The van der Waals surface area contributed by atoms with Gasteiger partial charge in [-0.2, -0.15) is 0 Å². The van der Waals surface area contributed by atoms with Crippen molar-refractivity contribution in [2.45, 2.75) is 75.4 Å². The van der Waals surface area contributed by atoms with E-state index in [4.69, 9.17) is 5.73 Å². The summed E-state index contributed by atoms with van der Waals surface area (Å²) in [5, 5.41) is 0. The van der Waals surface area contributed by atoms with Crippen LogP contribution < -0.4 is 10.6 Å². The Labute approximate surface area is 296 Å². The molecule has 50 heavy (non-hydrogen) atoms. The Hall–Kier alpha value is -5.07. The van der Waals surface area contributed by atoms with Gasteiger partial charge >= 0.3 is 0 Å². The van der Waals surface area contributed by atoms with Gasteiger partial charge < -0.3 is 10.6 Å². The SMILES string of the molecule is CC1(C)C(C(=O)C=O)N(c2ccc(C(c3ccccc3)(c3ccccc3)c3ccccc3)cc2)CN1Cc1ccnc(N)c1C1CCCCC1. The lowest BCUT2D eigenvalue weighted by Gasteiger charge is -2.37. The number of rotatable bonds is 10. The van der Waals surface area contributed by atoms with Crippen molar-refractivity contribution in [2.24, 2.45) is 0 Å². The fraction of sp³-hybridized carbons (Fsp3) is 0.295. The van der Waals surface area contributed by atoms with Crippen LogP contribution >= 0.6 is 0 Å². The first-order valence-electron chi connectivity index (χ1n) is 17.9. The van der Waals surface area contributed by atoms with Crippen LogP contribution in [0, 0.1) is 0 Å². The number of benzene rings is 4. The van der Waals surface area contributed by atoms with Crippen molar-refractivity contribution < 1.29 is 9.59 Å². The number of nitrogens with two attached hydrogens (primary N) is 1. The lowest BCUT2D eigenvalue weighted by molar-refractivity contribution is -0.131. The first-order valence-corrected chi connectivity index (χ1v) is 17.9. The Morgan fingerprint density at radius 2 is 1.30 bits per heavy atom. The third kappa shape index (κ3) is 5.92. The van der Waals surface area contributed by atoms with E-state index in [-0.39, 0.29) is 0 Å². The maximum atomic E-state index is 13.5. The third-order valence-electron chi connectivity index (χ3n) is 11.2. The summed E-state index contributed by atoms with van der Waals surface area (Å²) < 4.78 is 0. The molecule has 4 aromatic carbocycles. The van der Waals surface area contributed by atoms with Crippen molar-refractivity contribution in [2.75, 3.05) is 17.3 Å². The zero-order chi connectivity index (χ0) is 34.7. The number of carbonyl (C=O) groups is 2. The minimum absolute atomic E-state index is 0.397. The molecule has 6 heteroatoms. The molecule has 254 valence electrons. The van der Waals surface area contributed by atoms with Crippen molar-refractivity contribution in [3.05, 3.63) is 161 Å². The summed E-state index contributed by atoms with van der Waals surface area (Å²) in [5.74, 6) is 0.585. The smallest absolute Gasteiger partial charge is 0.219 e. The van der Waals surface area contributed by atoms with E-state index in [1.807, 2.05) is 0 Å². The molecule has 0 amide bonds. The monoisotopic (exact) mass is 662 g/mol. The third-order valence-corrected chi connectivity index (χ3v) is 11.2. The predicted molar refractivity (Wildman–Crippen MR) is 201 cm³/mol. The molecule has 1 saturated carbocycles. The number of ketones is 1. The lowest BCUT2D eigenvalue weighted by atomic mass is 9.65. The van der Waals surface area contributed by atoms with E-state index in [9.17, 15) is 9.59 Å². The molecular weight excluding hydrogens is 617 g/mol. The van der Waals surface area contributed by atoms with E-state index in [0.29, 0.717) is 31.2 Å². The largest absolute Gasteiger partial charge is 0.383 e. The molecule has 2 N–H and O–H groups in total. The van der Waals surface area contributed by atoms with Crippen LogP contribution in [-0.4, -0.2) is 40.2 Å². The summed E-state index contributed by atoms with van der Waals surface area (Å²) in [5.41, 5.74) is 13.2. The van der Waals surface area contributed by atoms with Crippen molar-refractivity contribution in [3.63, 3.8) is 0 Å². The number of nitrogens with zero attached hydrogens (tertiary/aromatic N) is 3. The fourth-order valence-electron chi connectivity index (χ4n) is 8.76. The van der Waals surface area contributed by atoms with Crippen LogP contribution in [0.5, 0.6) is 0 Å². The van der Waals surface area contributed by atoms with Gasteiger partial charge in [-0.05, 0) is 78.6 Å². The quantitative estimate of drug-likeness (QED) is 0.0921. The average molecular weight is 663 g/mol. The summed E-state index contributed by atoms with van der Waals surface area (Å²) in [7, 11) is 0. The number of anilines is 2. The van der Waals surface area contributed by atoms with Crippen LogP contribution in [0.25, 0.3) is 0 Å². The van der Waals surface area contributed by atoms with Crippen LogP contribution in [0.4, 0.5) is 11.5 Å². The van der Waals surface area contributed by atoms with Gasteiger partial charge in [0.05, 0.1) is 12.1 Å². The van der Waals surface area contributed by atoms with E-state index in [1.165, 1.54) is 19.3 Å². The van der Waals surface area contributed by atoms with Crippen LogP contribution in [0.1, 0.15) is 85.3 Å². The Balaban J connectivity index is 1.29. The Morgan fingerprint density at radius 3 is 1.82 bits per heavy atom. The summed E-state index contributed by atoms with van der Waals surface area (Å²) in [6.45, 7) is 5.25. The highest BCUT2D eigenvalue weighted by Crippen LogP contribution is 2.46. The molecule has 7 rings (SSSR count). The first-order chi connectivity index (χ1) is 24.4. The number of nitrogen functional groups attached to an aromatic ring is 1. The molecule has 1 saturated heterocycles. The second kappa shape index (κ2) is 14.0. The van der Waals surface area contributed by atoms with E-state index < -0.39 is 22.8 Å². The zero-order valence-corrected chi connectivity index (χ0v) is 29.0. The molecule has 0 radical (unpaired) electrons. The molecule has 0 bridgehead atoms. The summed E-state index contributed by atoms with van der Waals surface area (Å²) in [6, 6.07) is 41.9. The van der Waals surface area contributed by atoms with Crippen molar-refractivity contribution >= 4 is 23.6 Å². The number of hydrogen-bond donors (Lipinski definition) is 1. The molecule has 1 aliphatic carbocycles. The van der Waals surface area contributed by atoms with Gasteiger partial charge in [0.1, 0.15) is 11.9 Å². The van der Waals surface area contributed by atoms with E-state index in [2.05, 4.69) is 150 Å². The Bertz CT molecular complexity index is 1820. The van der Waals surface area contributed by atoms with Gasteiger partial charge in [-0.25, -0.2) is 4.98 Å². The molecule has 1 unspecified atom stereocenters. The molecule has 2 fully saturated rings. The first kappa shape index (κ1) is 33.4. The highest BCUT2D eigenvalue weighted by Gasteiger charge is 2.50. The van der Waals surface area contributed by atoms with Crippen LogP contribution in [0.3, 0.4) is 0 Å². The fourth-order valence-corrected chi connectivity index (χ4v) is 8.76. The van der Waals surface area contributed by atoms with Gasteiger partial charge in [0.25, 0.3) is 0 Å². The Kier molecular flexibility index (Phi) is 9.39. The van der Waals surface area contributed by atoms with Crippen molar-refractivity contribution in [1.29, 1.82) is 0 Å². The number of aldehydes is 1. The van der Waals surface area contributed by atoms with Crippen molar-refractivity contribution in [3.8, 4) is 0 Å². The number of pyridine rings is 1. The van der Waals surface area contributed by atoms with Gasteiger partial charge in [-0.3, -0.25) is 14.5 Å². The van der Waals surface area contributed by atoms with E-state index >= 15 is 0 Å². The van der Waals surface area contributed by atoms with Crippen LogP contribution in [0.15, 0.2) is 128 Å². The molecule has 1 aromatic heterocycles. The maximum absolute atomic E-state index is 13.5.